The molecule has 0 radical (unpaired) electrons. The lowest BCUT2D eigenvalue weighted by Crippen LogP contribution is -2.17. The van der Waals surface area contributed by atoms with Crippen LogP contribution in [0.15, 0.2) is 42.5 Å². The molecule has 2 nitrogen and oxygen atoms in total. The average molecular weight is 277 g/mol. The third-order valence-electron chi connectivity index (χ3n) is 4.39. The van der Waals surface area contributed by atoms with Crippen LogP contribution in [0.2, 0.25) is 0 Å². The number of aryl methyl sites for hydroxylation is 1. The summed E-state index contributed by atoms with van der Waals surface area (Å²) in [5.74, 6) is 1.91. The van der Waals surface area contributed by atoms with Crippen LogP contribution in [0, 0.1) is 6.92 Å². The number of fused-ring (bicyclic) bond motifs is 2. The standard InChI is InChI=1S/C19H19NO/c1-14-7-6-10-19-16(14)13-17(20-11-4-5-12-20)15-8-2-3-9-18(15)21-19/h2-3,6-10,13H,4-5,11-12H2,1H3. The van der Waals surface area contributed by atoms with Gasteiger partial charge in [0.25, 0.3) is 0 Å². The SMILES string of the molecule is Cc1cccc2c1C=C(N1CCCC1)c1ccccc1O2. The highest BCUT2D eigenvalue weighted by Gasteiger charge is 2.23. The largest absolute Gasteiger partial charge is 0.456 e. The van der Waals surface area contributed by atoms with E-state index in [2.05, 4.69) is 54.3 Å². The third-order valence-corrected chi connectivity index (χ3v) is 4.39. The maximum absolute atomic E-state index is 6.19. The lowest BCUT2D eigenvalue weighted by molar-refractivity contribution is 0.470. The molecule has 0 spiro atoms. The van der Waals surface area contributed by atoms with Gasteiger partial charge in [-0.15, -0.1) is 0 Å². The van der Waals surface area contributed by atoms with E-state index >= 15 is 0 Å². The van der Waals surface area contributed by atoms with Crippen LogP contribution in [0.4, 0.5) is 0 Å². The Morgan fingerprint density at radius 3 is 2.52 bits per heavy atom. The van der Waals surface area contributed by atoms with E-state index < -0.39 is 0 Å². The van der Waals surface area contributed by atoms with Crippen LogP contribution in [0.3, 0.4) is 0 Å². The van der Waals surface area contributed by atoms with Crippen LogP contribution in [-0.4, -0.2) is 18.0 Å². The zero-order valence-corrected chi connectivity index (χ0v) is 12.3. The molecule has 2 heterocycles. The Morgan fingerprint density at radius 2 is 1.67 bits per heavy atom. The van der Waals surface area contributed by atoms with Crippen molar-refractivity contribution in [3.05, 3.63) is 59.2 Å². The first-order valence-electron chi connectivity index (χ1n) is 7.66. The first kappa shape index (κ1) is 12.5. The van der Waals surface area contributed by atoms with E-state index in [0.717, 1.165) is 24.6 Å². The first-order valence-corrected chi connectivity index (χ1v) is 7.66. The van der Waals surface area contributed by atoms with Gasteiger partial charge in [0, 0.05) is 29.9 Å². The number of nitrogens with zero attached hydrogens (tertiary/aromatic N) is 1. The number of hydrogen-bond donors (Lipinski definition) is 0. The Hall–Kier alpha value is -2.22. The molecule has 1 fully saturated rings. The molecule has 0 amide bonds. The van der Waals surface area contributed by atoms with Crippen molar-refractivity contribution in [2.75, 3.05) is 13.1 Å². The fourth-order valence-electron chi connectivity index (χ4n) is 3.25. The Morgan fingerprint density at radius 1 is 0.905 bits per heavy atom. The number of para-hydroxylation sites is 1. The van der Waals surface area contributed by atoms with Crippen molar-refractivity contribution >= 4 is 11.8 Å². The normalized spacial score (nSPS) is 16.6. The first-order chi connectivity index (χ1) is 10.3. The van der Waals surface area contributed by atoms with Gasteiger partial charge in [-0.1, -0.05) is 24.3 Å². The van der Waals surface area contributed by atoms with Gasteiger partial charge in [0.05, 0.1) is 0 Å². The zero-order valence-electron chi connectivity index (χ0n) is 12.3. The van der Waals surface area contributed by atoms with Crippen molar-refractivity contribution in [2.45, 2.75) is 19.8 Å². The van der Waals surface area contributed by atoms with Crippen molar-refractivity contribution in [3.63, 3.8) is 0 Å². The van der Waals surface area contributed by atoms with E-state index in [1.807, 2.05) is 6.07 Å². The van der Waals surface area contributed by atoms with Crippen molar-refractivity contribution in [2.24, 2.45) is 0 Å². The molecule has 0 bridgehead atoms. The molecule has 2 aromatic carbocycles. The highest BCUT2D eigenvalue weighted by atomic mass is 16.5. The van der Waals surface area contributed by atoms with E-state index in [9.17, 15) is 0 Å². The minimum Gasteiger partial charge on any atom is -0.456 e. The summed E-state index contributed by atoms with van der Waals surface area (Å²) >= 11 is 0. The maximum Gasteiger partial charge on any atom is 0.136 e. The molecule has 0 unspecified atom stereocenters. The van der Waals surface area contributed by atoms with Crippen LogP contribution in [0.1, 0.15) is 29.5 Å². The maximum atomic E-state index is 6.19. The molecule has 2 aliphatic heterocycles. The smallest absolute Gasteiger partial charge is 0.136 e. The van der Waals surface area contributed by atoms with Crippen molar-refractivity contribution in [3.8, 4) is 11.5 Å². The molecule has 1 saturated heterocycles. The van der Waals surface area contributed by atoms with Gasteiger partial charge in [-0.3, -0.25) is 0 Å². The van der Waals surface area contributed by atoms with Crippen LogP contribution < -0.4 is 4.74 Å². The lowest BCUT2D eigenvalue weighted by Gasteiger charge is -2.22. The van der Waals surface area contributed by atoms with Gasteiger partial charge in [-0.25, -0.2) is 0 Å². The molecule has 2 aliphatic rings. The summed E-state index contributed by atoms with van der Waals surface area (Å²) in [5, 5.41) is 0. The predicted octanol–water partition coefficient (Wildman–Crippen LogP) is 4.69. The highest BCUT2D eigenvalue weighted by Crippen LogP contribution is 2.40. The summed E-state index contributed by atoms with van der Waals surface area (Å²) < 4.78 is 6.19. The van der Waals surface area contributed by atoms with Gasteiger partial charge in [0.2, 0.25) is 0 Å². The van der Waals surface area contributed by atoms with Crippen molar-refractivity contribution < 1.29 is 4.74 Å². The minimum absolute atomic E-state index is 0.955. The molecule has 0 saturated carbocycles. The Labute approximate surface area is 125 Å². The van der Waals surface area contributed by atoms with E-state index in [0.29, 0.717) is 0 Å². The Bertz CT molecular complexity index is 711. The summed E-state index contributed by atoms with van der Waals surface area (Å²) in [5.41, 5.74) is 4.97. The van der Waals surface area contributed by atoms with Crippen LogP contribution in [-0.2, 0) is 0 Å². The summed E-state index contributed by atoms with van der Waals surface area (Å²) in [7, 11) is 0. The van der Waals surface area contributed by atoms with Crippen molar-refractivity contribution in [1.82, 2.24) is 4.90 Å². The second-order valence-electron chi connectivity index (χ2n) is 5.81. The Balaban J connectivity index is 1.94. The summed E-state index contributed by atoms with van der Waals surface area (Å²) in [6.45, 7) is 4.43. The second-order valence-corrected chi connectivity index (χ2v) is 5.81. The average Bonchev–Trinajstić information content (AvgIpc) is 2.96. The van der Waals surface area contributed by atoms with E-state index in [1.165, 1.54) is 35.2 Å². The summed E-state index contributed by atoms with van der Waals surface area (Å²) in [6.07, 6.45) is 4.86. The topological polar surface area (TPSA) is 12.5 Å². The van der Waals surface area contributed by atoms with Gasteiger partial charge in [-0.2, -0.15) is 0 Å². The molecule has 0 N–H and O–H groups in total. The molecular weight excluding hydrogens is 258 g/mol. The van der Waals surface area contributed by atoms with Gasteiger partial charge < -0.3 is 9.64 Å². The number of likely N-dealkylation sites (tertiary alicyclic amines) is 1. The van der Waals surface area contributed by atoms with Gasteiger partial charge in [0.15, 0.2) is 0 Å². The molecular formula is C19H19NO. The van der Waals surface area contributed by atoms with Crippen LogP contribution >= 0.6 is 0 Å². The van der Waals surface area contributed by atoms with E-state index in [4.69, 9.17) is 4.74 Å². The molecule has 106 valence electrons. The molecule has 0 aliphatic carbocycles. The molecule has 2 aromatic rings. The van der Waals surface area contributed by atoms with Gasteiger partial charge >= 0.3 is 0 Å². The number of benzene rings is 2. The molecule has 21 heavy (non-hydrogen) atoms. The van der Waals surface area contributed by atoms with Crippen LogP contribution in [0.5, 0.6) is 11.5 Å². The zero-order chi connectivity index (χ0) is 14.2. The second kappa shape index (κ2) is 4.96. The fourth-order valence-corrected chi connectivity index (χ4v) is 3.25. The predicted molar refractivity (Wildman–Crippen MR) is 86.4 cm³/mol. The number of ether oxygens (including phenoxy) is 1. The summed E-state index contributed by atoms with van der Waals surface area (Å²) in [6, 6.07) is 14.6. The van der Waals surface area contributed by atoms with E-state index in [1.54, 1.807) is 0 Å². The van der Waals surface area contributed by atoms with Gasteiger partial charge in [-0.05, 0) is 49.6 Å². The number of hydrogen-bond acceptors (Lipinski definition) is 2. The van der Waals surface area contributed by atoms with Gasteiger partial charge in [0.1, 0.15) is 11.5 Å². The highest BCUT2D eigenvalue weighted by molar-refractivity contribution is 5.87. The quantitative estimate of drug-likeness (QED) is 0.749. The Kier molecular flexibility index (Phi) is 2.95. The number of rotatable bonds is 1. The lowest BCUT2D eigenvalue weighted by atomic mass is 10.0. The molecule has 0 aromatic heterocycles. The summed E-state index contributed by atoms with van der Waals surface area (Å²) in [4.78, 5) is 2.49. The minimum atomic E-state index is 0.955. The molecule has 0 atom stereocenters. The van der Waals surface area contributed by atoms with E-state index in [-0.39, 0.29) is 0 Å². The van der Waals surface area contributed by atoms with Crippen molar-refractivity contribution in [1.29, 1.82) is 0 Å². The van der Waals surface area contributed by atoms with Crippen LogP contribution in [0.25, 0.3) is 11.8 Å². The fraction of sp³-hybridized carbons (Fsp3) is 0.263. The third kappa shape index (κ3) is 2.11. The molecule has 2 heteroatoms. The molecule has 4 rings (SSSR count). The monoisotopic (exact) mass is 277 g/mol.